The average Bonchev–Trinajstić information content (AvgIpc) is 2.16. The molecule has 0 aromatic heterocycles. The summed E-state index contributed by atoms with van der Waals surface area (Å²) in [6.07, 6.45) is 1.39. The van der Waals surface area contributed by atoms with Crippen LogP contribution in [-0.4, -0.2) is 11.1 Å². The van der Waals surface area contributed by atoms with E-state index in [2.05, 4.69) is 0 Å². The Morgan fingerprint density at radius 1 is 1.47 bits per heavy atom. The Morgan fingerprint density at radius 2 is 2.13 bits per heavy atom. The van der Waals surface area contributed by atoms with Crippen LogP contribution in [0.4, 0.5) is 0 Å². The van der Waals surface area contributed by atoms with Gasteiger partial charge in [-0.05, 0) is 31.1 Å². The van der Waals surface area contributed by atoms with Gasteiger partial charge in [0.05, 0.1) is 0 Å². The van der Waals surface area contributed by atoms with Gasteiger partial charge in [-0.2, -0.15) is 5.26 Å². The van der Waals surface area contributed by atoms with E-state index in [0.717, 1.165) is 16.7 Å². The predicted octanol–water partition coefficient (Wildman–Crippen LogP) is 2.30. The number of rotatable bonds is 2. The first-order valence-electron chi connectivity index (χ1n) is 4.47. The molecule has 0 radical (unpaired) electrons. The van der Waals surface area contributed by atoms with Crippen molar-refractivity contribution in [3.63, 3.8) is 0 Å². The van der Waals surface area contributed by atoms with Crippen molar-refractivity contribution in [2.24, 2.45) is 0 Å². The van der Waals surface area contributed by atoms with Crippen molar-refractivity contribution in [2.75, 3.05) is 0 Å². The van der Waals surface area contributed by atoms with Crippen molar-refractivity contribution in [3.05, 3.63) is 40.5 Å². The normalized spacial score (nSPS) is 10.9. The van der Waals surface area contributed by atoms with Gasteiger partial charge in [-0.3, -0.25) is 0 Å². The summed E-state index contributed by atoms with van der Waals surface area (Å²) < 4.78 is 0. The van der Waals surface area contributed by atoms with E-state index in [1.54, 1.807) is 6.07 Å². The summed E-state index contributed by atoms with van der Waals surface area (Å²) >= 11 is 0. The van der Waals surface area contributed by atoms with Gasteiger partial charge >= 0.3 is 5.97 Å². The number of hydrogen-bond donors (Lipinski definition) is 1. The zero-order valence-corrected chi connectivity index (χ0v) is 8.61. The molecule has 0 fully saturated rings. The van der Waals surface area contributed by atoms with Crippen LogP contribution in [0.25, 0.3) is 6.08 Å². The highest BCUT2D eigenvalue weighted by Gasteiger charge is 2.06. The van der Waals surface area contributed by atoms with Gasteiger partial charge in [0, 0.05) is 0 Å². The lowest BCUT2D eigenvalue weighted by Crippen LogP contribution is -1.97. The third kappa shape index (κ3) is 2.68. The van der Waals surface area contributed by atoms with E-state index < -0.39 is 5.97 Å². The van der Waals surface area contributed by atoms with Crippen LogP contribution in [-0.2, 0) is 4.79 Å². The number of carbonyl (C=O) groups is 1. The molecule has 76 valence electrons. The van der Waals surface area contributed by atoms with Crippen molar-refractivity contribution in [1.29, 1.82) is 5.26 Å². The Bertz CT molecular complexity index is 467. The summed E-state index contributed by atoms with van der Waals surface area (Å²) in [6.45, 7) is 3.85. The van der Waals surface area contributed by atoms with Gasteiger partial charge in [-0.25, -0.2) is 4.79 Å². The number of nitriles is 1. The largest absolute Gasteiger partial charge is 0.477 e. The summed E-state index contributed by atoms with van der Waals surface area (Å²) in [7, 11) is 0. The lowest BCUT2D eigenvalue weighted by Gasteiger charge is -2.01. The van der Waals surface area contributed by atoms with Crippen LogP contribution in [0.2, 0.25) is 0 Å². The minimum atomic E-state index is -1.20. The first kappa shape index (κ1) is 11.0. The molecule has 0 amide bonds. The Balaban J connectivity index is 3.19. The third-order valence-corrected chi connectivity index (χ3v) is 2.08. The highest BCUT2D eigenvalue weighted by atomic mass is 16.4. The molecule has 15 heavy (non-hydrogen) atoms. The van der Waals surface area contributed by atoms with E-state index in [9.17, 15) is 4.79 Å². The molecule has 0 unspecified atom stereocenters. The van der Waals surface area contributed by atoms with Crippen LogP contribution >= 0.6 is 0 Å². The minimum absolute atomic E-state index is 0.248. The number of benzene rings is 1. The summed E-state index contributed by atoms with van der Waals surface area (Å²) in [5.41, 5.74) is 2.59. The SMILES string of the molecule is Cc1ccc(/C=C(/C#N)C(=O)O)c(C)c1. The molecule has 0 bridgehead atoms. The topological polar surface area (TPSA) is 61.1 Å². The zero-order valence-electron chi connectivity index (χ0n) is 8.61. The fraction of sp³-hybridized carbons (Fsp3) is 0.167. The second-order valence-corrected chi connectivity index (χ2v) is 3.34. The maximum Gasteiger partial charge on any atom is 0.346 e. The standard InChI is InChI=1S/C12H11NO2/c1-8-3-4-10(9(2)5-8)6-11(7-13)12(14)15/h3-6H,1-2H3,(H,14,15)/b11-6-. The molecular weight excluding hydrogens is 190 g/mol. The van der Waals surface area contributed by atoms with Crippen LogP contribution < -0.4 is 0 Å². The molecule has 3 heteroatoms. The summed E-state index contributed by atoms with van der Waals surface area (Å²) in [4.78, 5) is 10.6. The fourth-order valence-corrected chi connectivity index (χ4v) is 1.28. The van der Waals surface area contributed by atoms with E-state index >= 15 is 0 Å². The summed E-state index contributed by atoms with van der Waals surface area (Å²) in [5.74, 6) is -1.20. The van der Waals surface area contributed by atoms with Crippen LogP contribution in [0.1, 0.15) is 16.7 Å². The second kappa shape index (κ2) is 4.43. The highest BCUT2D eigenvalue weighted by molar-refractivity contribution is 5.96. The minimum Gasteiger partial charge on any atom is -0.477 e. The van der Waals surface area contributed by atoms with Crippen LogP contribution in [0, 0.1) is 25.2 Å². The highest BCUT2D eigenvalue weighted by Crippen LogP contribution is 2.14. The maximum absolute atomic E-state index is 10.6. The number of carboxylic acids is 1. The van der Waals surface area contributed by atoms with Crippen molar-refractivity contribution in [2.45, 2.75) is 13.8 Å². The quantitative estimate of drug-likeness (QED) is 0.590. The van der Waals surface area contributed by atoms with Gasteiger partial charge in [0.25, 0.3) is 0 Å². The Labute approximate surface area is 88.3 Å². The van der Waals surface area contributed by atoms with Gasteiger partial charge in [-0.1, -0.05) is 23.8 Å². The molecular formula is C12H11NO2. The number of hydrogen-bond acceptors (Lipinski definition) is 2. The van der Waals surface area contributed by atoms with E-state index in [4.69, 9.17) is 10.4 Å². The smallest absolute Gasteiger partial charge is 0.346 e. The Kier molecular flexibility index (Phi) is 3.25. The van der Waals surface area contributed by atoms with Crippen LogP contribution in [0.5, 0.6) is 0 Å². The molecule has 1 rings (SSSR count). The van der Waals surface area contributed by atoms with Crippen molar-refractivity contribution < 1.29 is 9.90 Å². The van der Waals surface area contributed by atoms with Crippen molar-refractivity contribution >= 4 is 12.0 Å². The molecule has 1 aromatic carbocycles. The van der Waals surface area contributed by atoms with Gasteiger partial charge in [0.2, 0.25) is 0 Å². The van der Waals surface area contributed by atoms with E-state index in [1.165, 1.54) is 6.08 Å². The van der Waals surface area contributed by atoms with Gasteiger partial charge < -0.3 is 5.11 Å². The van der Waals surface area contributed by atoms with Gasteiger partial charge in [0.15, 0.2) is 0 Å². The second-order valence-electron chi connectivity index (χ2n) is 3.34. The summed E-state index contributed by atoms with van der Waals surface area (Å²) in [5, 5.41) is 17.3. The van der Waals surface area contributed by atoms with Crippen molar-refractivity contribution in [1.82, 2.24) is 0 Å². The molecule has 0 saturated heterocycles. The molecule has 0 spiro atoms. The maximum atomic E-state index is 10.6. The lowest BCUT2D eigenvalue weighted by atomic mass is 10.0. The first-order valence-corrected chi connectivity index (χ1v) is 4.47. The molecule has 0 heterocycles. The number of aryl methyl sites for hydroxylation is 2. The average molecular weight is 201 g/mol. The third-order valence-electron chi connectivity index (χ3n) is 2.08. The van der Waals surface area contributed by atoms with E-state index in [0.29, 0.717) is 0 Å². The summed E-state index contributed by atoms with van der Waals surface area (Å²) in [6, 6.07) is 7.30. The number of carboxylic acid groups (broad SMARTS) is 1. The lowest BCUT2D eigenvalue weighted by molar-refractivity contribution is -0.132. The molecule has 0 atom stereocenters. The number of nitrogens with zero attached hydrogens (tertiary/aromatic N) is 1. The number of aliphatic carboxylic acids is 1. The van der Waals surface area contributed by atoms with E-state index in [-0.39, 0.29) is 5.57 Å². The van der Waals surface area contributed by atoms with Crippen molar-refractivity contribution in [3.8, 4) is 6.07 Å². The van der Waals surface area contributed by atoms with Gasteiger partial charge in [-0.15, -0.1) is 0 Å². The molecule has 1 N–H and O–H groups in total. The van der Waals surface area contributed by atoms with Crippen LogP contribution in [0.3, 0.4) is 0 Å². The zero-order chi connectivity index (χ0) is 11.4. The van der Waals surface area contributed by atoms with E-state index in [1.807, 2.05) is 32.0 Å². The molecule has 0 aliphatic heterocycles. The molecule has 0 aliphatic rings. The fourth-order valence-electron chi connectivity index (χ4n) is 1.28. The molecule has 3 nitrogen and oxygen atoms in total. The Morgan fingerprint density at radius 3 is 2.60 bits per heavy atom. The molecule has 0 saturated carbocycles. The first-order chi connectivity index (χ1) is 7.04. The molecule has 0 aliphatic carbocycles. The Hall–Kier alpha value is -2.08. The van der Waals surface area contributed by atoms with Gasteiger partial charge in [0.1, 0.15) is 11.6 Å². The van der Waals surface area contributed by atoms with Crippen LogP contribution in [0.15, 0.2) is 23.8 Å². The monoisotopic (exact) mass is 201 g/mol. The molecule has 1 aromatic rings. The predicted molar refractivity (Wildman–Crippen MR) is 57.1 cm³/mol.